The van der Waals surface area contributed by atoms with E-state index in [9.17, 15) is 0 Å². The SMILES string of the molecule is COc1ccc(-c2c(-c3ccccn3)nc3cc(CN)ccn23)cc1. The Morgan fingerprint density at radius 3 is 2.60 bits per heavy atom. The zero-order valence-corrected chi connectivity index (χ0v) is 13.9. The first kappa shape index (κ1) is 15.4. The largest absolute Gasteiger partial charge is 0.497 e. The Hall–Kier alpha value is -3.18. The van der Waals surface area contributed by atoms with Gasteiger partial charge in [0.15, 0.2) is 0 Å². The van der Waals surface area contributed by atoms with E-state index in [0.29, 0.717) is 6.54 Å². The number of fused-ring (bicyclic) bond motifs is 1. The summed E-state index contributed by atoms with van der Waals surface area (Å²) in [6.07, 6.45) is 3.79. The third kappa shape index (κ3) is 2.75. The van der Waals surface area contributed by atoms with Crippen LogP contribution in [0.4, 0.5) is 0 Å². The lowest BCUT2D eigenvalue weighted by Crippen LogP contribution is -1.97. The number of imidazole rings is 1. The second-order valence-electron chi connectivity index (χ2n) is 5.72. The maximum atomic E-state index is 5.78. The zero-order valence-electron chi connectivity index (χ0n) is 13.9. The zero-order chi connectivity index (χ0) is 17.2. The number of nitrogens with zero attached hydrogens (tertiary/aromatic N) is 3. The van der Waals surface area contributed by atoms with Crippen molar-refractivity contribution in [2.24, 2.45) is 5.73 Å². The molecule has 2 N–H and O–H groups in total. The van der Waals surface area contributed by atoms with Gasteiger partial charge in [-0.25, -0.2) is 4.98 Å². The number of ether oxygens (including phenoxy) is 1. The number of rotatable bonds is 4. The average Bonchev–Trinajstić information content (AvgIpc) is 3.07. The highest BCUT2D eigenvalue weighted by atomic mass is 16.5. The first-order valence-corrected chi connectivity index (χ1v) is 8.07. The third-order valence-corrected chi connectivity index (χ3v) is 4.20. The fourth-order valence-electron chi connectivity index (χ4n) is 2.92. The number of benzene rings is 1. The molecular formula is C20H18N4O. The summed E-state index contributed by atoms with van der Waals surface area (Å²) in [4.78, 5) is 9.31. The number of nitrogens with two attached hydrogens (primary N) is 1. The molecule has 0 aliphatic rings. The molecule has 0 fully saturated rings. The number of methoxy groups -OCH3 is 1. The van der Waals surface area contributed by atoms with Gasteiger partial charge in [-0.1, -0.05) is 6.07 Å². The second-order valence-corrected chi connectivity index (χ2v) is 5.72. The fraction of sp³-hybridized carbons (Fsp3) is 0.100. The summed E-state index contributed by atoms with van der Waals surface area (Å²) >= 11 is 0. The first-order chi connectivity index (χ1) is 12.3. The lowest BCUT2D eigenvalue weighted by molar-refractivity contribution is 0.415. The van der Waals surface area contributed by atoms with Crippen LogP contribution in [0.1, 0.15) is 5.56 Å². The standard InChI is InChI=1S/C20H18N4O/c1-25-16-7-5-15(6-8-16)20-19(17-4-2-3-10-22-17)23-18-12-14(13-21)9-11-24(18)20/h2-12H,13,21H2,1H3. The molecule has 3 aromatic heterocycles. The van der Waals surface area contributed by atoms with E-state index in [0.717, 1.165) is 39.6 Å². The van der Waals surface area contributed by atoms with Gasteiger partial charge in [0.1, 0.15) is 17.1 Å². The van der Waals surface area contributed by atoms with Gasteiger partial charge in [0, 0.05) is 24.5 Å². The molecule has 0 saturated carbocycles. The Morgan fingerprint density at radius 2 is 1.92 bits per heavy atom. The van der Waals surface area contributed by atoms with Gasteiger partial charge in [-0.15, -0.1) is 0 Å². The van der Waals surface area contributed by atoms with Crippen LogP contribution in [0.2, 0.25) is 0 Å². The van der Waals surface area contributed by atoms with Gasteiger partial charge in [-0.05, 0) is 54.1 Å². The Bertz CT molecular complexity index is 1010. The molecule has 4 aromatic rings. The van der Waals surface area contributed by atoms with Crippen molar-refractivity contribution < 1.29 is 4.74 Å². The van der Waals surface area contributed by atoms with Gasteiger partial charge in [0.2, 0.25) is 0 Å². The molecule has 25 heavy (non-hydrogen) atoms. The van der Waals surface area contributed by atoms with Crippen LogP contribution in [0.25, 0.3) is 28.3 Å². The Morgan fingerprint density at radius 1 is 1.08 bits per heavy atom. The molecule has 1 aromatic carbocycles. The molecule has 0 aliphatic carbocycles. The van der Waals surface area contributed by atoms with E-state index < -0.39 is 0 Å². The van der Waals surface area contributed by atoms with Crippen molar-refractivity contribution in [1.82, 2.24) is 14.4 Å². The lowest BCUT2D eigenvalue weighted by Gasteiger charge is -2.07. The lowest BCUT2D eigenvalue weighted by atomic mass is 10.1. The minimum absolute atomic E-state index is 0.486. The van der Waals surface area contributed by atoms with Gasteiger partial charge in [0.05, 0.1) is 18.5 Å². The van der Waals surface area contributed by atoms with Gasteiger partial charge < -0.3 is 10.5 Å². The number of hydrogen-bond acceptors (Lipinski definition) is 4. The quantitative estimate of drug-likeness (QED) is 0.622. The molecule has 5 heteroatoms. The van der Waals surface area contributed by atoms with E-state index in [1.54, 1.807) is 13.3 Å². The number of pyridine rings is 2. The summed E-state index contributed by atoms with van der Waals surface area (Å²) in [5.74, 6) is 0.822. The molecular weight excluding hydrogens is 312 g/mol. The normalized spacial score (nSPS) is 11.0. The third-order valence-electron chi connectivity index (χ3n) is 4.20. The van der Waals surface area contributed by atoms with Crippen molar-refractivity contribution in [3.8, 4) is 28.4 Å². The predicted molar refractivity (Wildman–Crippen MR) is 98.3 cm³/mol. The summed E-state index contributed by atoms with van der Waals surface area (Å²) < 4.78 is 7.34. The summed E-state index contributed by atoms with van der Waals surface area (Å²) in [7, 11) is 1.66. The highest BCUT2D eigenvalue weighted by Gasteiger charge is 2.17. The van der Waals surface area contributed by atoms with E-state index in [4.69, 9.17) is 15.5 Å². The Labute approximate surface area is 145 Å². The van der Waals surface area contributed by atoms with Gasteiger partial charge in [-0.3, -0.25) is 9.38 Å². The fourth-order valence-corrected chi connectivity index (χ4v) is 2.92. The highest BCUT2D eigenvalue weighted by molar-refractivity contribution is 5.80. The molecule has 0 aliphatic heterocycles. The minimum atomic E-state index is 0.486. The van der Waals surface area contributed by atoms with Crippen LogP contribution in [0, 0.1) is 0 Å². The predicted octanol–water partition coefficient (Wildman–Crippen LogP) is 3.53. The average molecular weight is 330 g/mol. The van der Waals surface area contributed by atoms with Crippen LogP contribution in [0.5, 0.6) is 5.75 Å². The van der Waals surface area contributed by atoms with E-state index in [2.05, 4.69) is 9.38 Å². The molecule has 4 rings (SSSR count). The highest BCUT2D eigenvalue weighted by Crippen LogP contribution is 2.32. The second kappa shape index (κ2) is 6.37. The minimum Gasteiger partial charge on any atom is -0.497 e. The smallest absolute Gasteiger partial charge is 0.138 e. The van der Waals surface area contributed by atoms with Crippen LogP contribution < -0.4 is 10.5 Å². The van der Waals surface area contributed by atoms with Crippen LogP contribution in [-0.2, 0) is 6.54 Å². The number of aromatic nitrogens is 3. The number of hydrogen-bond donors (Lipinski definition) is 1. The van der Waals surface area contributed by atoms with Gasteiger partial charge in [-0.2, -0.15) is 0 Å². The van der Waals surface area contributed by atoms with Crippen LogP contribution in [0.15, 0.2) is 67.0 Å². The molecule has 0 amide bonds. The summed E-state index contributed by atoms with van der Waals surface area (Å²) in [5, 5.41) is 0. The van der Waals surface area contributed by atoms with E-state index >= 15 is 0 Å². The van der Waals surface area contributed by atoms with Gasteiger partial charge >= 0.3 is 0 Å². The first-order valence-electron chi connectivity index (χ1n) is 8.07. The molecule has 0 radical (unpaired) electrons. The molecule has 124 valence electrons. The Balaban J connectivity index is 1.98. The molecule has 0 atom stereocenters. The molecule has 0 bridgehead atoms. The van der Waals surface area contributed by atoms with Crippen molar-refractivity contribution in [2.45, 2.75) is 6.54 Å². The topological polar surface area (TPSA) is 65.4 Å². The van der Waals surface area contributed by atoms with Crippen molar-refractivity contribution in [3.05, 3.63) is 72.6 Å². The van der Waals surface area contributed by atoms with Crippen molar-refractivity contribution in [1.29, 1.82) is 0 Å². The van der Waals surface area contributed by atoms with Crippen molar-refractivity contribution in [2.75, 3.05) is 7.11 Å². The van der Waals surface area contributed by atoms with Crippen LogP contribution >= 0.6 is 0 Å². The summed E-state index contributed by atoms with van der Waals surface area (Å²) in [5.41, 5.74) is 11.4. The summed E-state index contributed by atoms with van der Waals surface area (Å²) in [6, 6.07) is 17.8. The van der Waals surface area contributed by atoms with Crippen LogP contribution in [0.3, 0.4) is 0 Å². The molecule has 0 spiro atoms. The molecule has 0 saturated heterocycles. The van der Waals surface area contributed by atoms with Crippen molar-refractivity contribution in [3.63, 3.8) is 0 Å². The molecule has 0 unspecified atom stereocenters. The van der Waals surface area contributed by atoms with E-state index in [-0.39, 0.29) is 0 Å². The van der Waals surface area contributed by atoms with Gasteiger partial charge in [0.25, 0.3) is 0 Å². The van der Waals surface area contributed by atoms with Crippen LogP contribution in [-0.4, -0.2) is 21.5 Å². The molecule has 5 nitrogen and oxygen atoms in total. The maximum Gasteiger partial charge on any atom is 0.138 e. The van der Waals surface area contributed by atoms with E-state index in [1.165, 1.54) is 0 Å². The molecule has 3 heterocycles. The maximum absolute atomic E-state index is 5.78. The Kier molecular flexibility index (Phi) is 3.91. The monoisotopic (exact) mass is 330 g/mol. The summed E-state index contributed by atoms with van der Waals surface area (Å²) in [6.45, 7) is 0.486. The van der Waals surface area contributed by atoms with E-state index in [1.807, 2.05) is 60.8 Å². The van der Waals surface area contributed by atoms with Crippen molar-refractivity contribution >= 4 is 5.65 Å².